The van der Waals surface area contributed by atoms with Gasteiger partial charge in [0.15, 0.2) is 11.5 Å². The number of hydrogen-bond donors (Lipinski definition) is 2. The molecule has 5 heteroatoms. The second kappa shape index (κ2) is 6.67. The van der Waals surface area contributed by atoms with Gasteiger partial charge in [-0.1, -0.05) is 24.3 Å². The van der Waals surface area contributed by atoms with Gasteiger partial charge in [-0.15, -0.1) is 0 Å². The molecule has 0 aromatic heterocycles. The average Bonchev–Trinajstić information content (AvgIpc) is 2.46. The highest BCUT2D eigenvalue weighted by Gasteiger charge is 2.08. The SMILES string of the molecule is COc1c(O)cc(/C=C/c2ccc(OC(C)=O)cc2)cc1O. The quantitative estimate of drug-likeness (QED) is 0.515. The van der Waals surface area contributed by atoms with Crippen molar-refractivity contribution in [3.63, 3.8) is 0 Å². The van der Waals surface area contributed by atoms with Crippen LogP contribution in [0.4, 0.5) is 0 Å². The fourth-order valence-electron chi connectivity index (χ4n) is 1.93. The lowest BCUT2D eigenvalue weighted by Gasteiger charge is -2.06. The molecule has 2 N–H and O–H groups in total. The van der Waals surface area contributed by atoms with Crippen LogP contribution in [-0.4, -0.2) is 23.3 Å². The summed E-state index contributed by atoms with van der Waals surface area (Å²) in [7, 11) is 1.37. The molecule has 0 amide bonds. The first-order valence-corrected chi connectivity index (χ1v) is 6.56. The van der Waals surface area contributed by atoms with Crippen molar-refractivity contribution in [1.29, 1.82) is 0 Å². The van der Waals surface area contributed by atoms with E-state index in [-0.39, 0.29) is 23.2 Å². The Hall–Kier alpha value is -2.95. The summed E-state index contributed by atoms with van der Waals surface area (Å²) in [5.41, 5.74) is 1.51. The van der Waals surface area contributed by atoms with Gasteiger partial charge in [0.2, 0.25) is 5.75 Å². The molecule has 2 aromatic rings. The van der Waals surface area contributed by atoms with Crippen LogP contribution < -0.4 is 9.47 Å². The van der Waals surface area contributed by atoms with Gasteiger partial charge in [-0.3, -0.25) is 4.79 Å². The molecule has 114 valence electrons. The van der Waals surface area contributed by atoms with Gasteiger partial charge in [-0.2, -0.15) is 0 Å². The molecule has 2 rings (SSSR count). The zero-order valence-electron chi connectivity index (χ0n) is 12.2. The van der Waals surface area contributed by atoms with Crippen LogP contribution in [0.15, 0.2) is 36.4 Å². The second-order valence-corrected chi connectivity index (χ2v) is 4.59. The first kappa shape index (κ1) is 15.4. The highest BCUT2D eigenvalue weighted by molar-refractivity contribution is 5.73. The minimum absolute atomic E-state index is 0.0443. The van der Waals surface area contributed by atoms with Crippen molar-refractivity contribution in [1.82, 2.24) is 0 Å². The van der Waals surface area contributed by atoms with E-state index < -0.39 is 0 Å². The molecular weight excluding hydrogens is 284 g/mol. The average molecular weight is 300 g/mol. The maximum absolute atomic E-state index is 10.8. The van der Waals surface area contributed by atoms with Crippen LogP contribution in [0.1, 0.15) is 18.1 Å². The van der Waals surface area contributed by atoms with Gasteiger partial charge in [0.05, 0.1) is 7.11 Å². The first-order chi connectivity index (χ1) is 10.5. The lowest BCUT2D eigenvalue weighted by molar-refractivity contribution is -0.131. The van der Waals surface area contributed by atoms with E-state index in [4.69, 9.17) is 9.47 Å². The number of phenols is 2. The van der Waals surface area contributed by atoms with E-state index >= 15 is 0 Å². The first-order valence-electron chi connectivity index (χ1n) is 6.56. The normalized spacial score (nSPS) is 10.6. The summed E-state index contributed by atoms with van der Waals surface area (Å²) in [5.74, 6) is -0.112. The van der Waals surface area contributed by atoms with Crippen LogP contribution >= 0.6 is 0 Å². The van der Waals surface area contributed by atoms with Gasteiger partial charge in [0.1, 0.15) is 5.75 Å². The van der Waals surface area contributed by atoms with Crippen LogP contribution in [-0.2, 0) is 4.79 Å². The van der Waals surface area contributed by atoms with Gasteiger partial charge < -0.3 is 19.7 Å². The molecule has 0 aliphatic carbocycles. The topological polar surface area (TPSA) is 76.0 Å². The smallest absolute Gasteiger partial charge is 0.308 e. The van der Waals surface area contributed by atoms with Crippen LogP contribution in [0, 0.1) is 0 Å². The van der Waals surface area contributed by atoms with Gasteiger partial charge in [0.25, 0.3) is 0 Å². The van der Waals surface area contributed by atoms with Crippen LogP contribution in [0.5, 0.6) is 23.0 Å². The lowest BCUT2D eigenvalue weighted by atomic mass is 10.1. The molecule has 5 nitrogen and oxygen atoms in total. The maximum Gasteiger partial charge on any atom is 0.308 e. The molecule has 0 saturated carbocycles. The third-order valence-corrected chi connectivity index (χ3v) is 2.89. The largest absolute Gasteiger partial charge is 0.504 e. The molecule has 0 bridgehead atoms. The van der Waals surface area contributed by atoms with E-state index in [0.717, 1.165) is 5.56 Å². The molecule has 0 fully saturated rings. The number of carbonyl (C=O) groups excluding carboxylic acids is 1. The zero-order valence-corrected chi connectivity index (χ0v) is 12.2. The van der Waals surface area contributed by atoms with E-state index in [9.17, 15) is 15.0 Å². The summed E-state index contributed by atoms with van der Waals surface area (Å²) < 4.78 is 9.82. The van der Waals surface area contributed by atoms with Gasteiger partial charge >= 0.3 is 5.97 Å². The summed E-state index contributed by atoms with van der Waals surface area (Å²) in [6, 6.07) is 9.93. The Morgan fingerprint density at radius 2 is 1.55 bits per heavy atom. The maximum atomic E-state index is 10.8. The van der Waals surface area contributed by atoms with E-state index in [1.165, 1.54) is 26.2 Å². The Balaban J connectivity index is 2.16. The van der Waals surface area contributed by atoms with Crippen molar-refractivity contribution in [2.45, 2.75) is 6.92 Å². The predicted molar refractivity (Wildman–Crippen MR) is 83.0 cm³/mol. The van der Waals surface area contributed by atoms with Crippen LogP contribution in [0.2, 0.25) is 0 Å². The van der Waals surface area contributed by atoms with E-state index in [2.05, 4.69) is 0 Å². The Morgan fingerprint density at radius 3 is 2.05 bits per heavy atom. The fourth-order valence-corrected chi connectivity index (χ4v) is 1.93. The molecule has 2 aromatic carbocycles. The van der Waals surface area contributed by atoms with Crippen molar-refractivity contribution in [2.24, 2.45) is 0 Å². The molecule has 0 aliphatic heterocycles. The van der Waals surface area contributed by atoms with Crippen molar-refractivity contribution in [3.8, 4) is 23.0 Å². The minimum atomic E-state index is -0.368. The third kappa shape index (κ3) is 3.79. The van der Waals surface area contributed by atoms with Gasteiger partial charge in [-0.25, -0.2) is 0 Å². The number of carbonyl (C=O) groups is 1. The molecule has 0 atom stereocenters. The molecule has 0 spiro atoms. The predicted octanol–water partition coefficient (Wildman–Crippen LogP) is 3.20. The highest BCUT2D eigenvalue weighted by Crippen LogP contribution is 2.36. The summed E-state index contributed by atoms with van der Waals surface area (Å²) in [4.78, 5) is 10.8. The van der Waals surface area contributed by atoms with Gasteiger partial charge in [-0.05, 0) is 35.4 Å². The highest BCUT2D eigenvalue weighted by atomic mass is 16.5. The number of benzene rings is 2. The Morgan fingerprint density at radius 1 is 1.00 bits per heavy atom. The number of esters is 1. The standard InChI is InChI=1S/C17H16O5/c1-11(18)22-14-7-5-12(6-8-14)3-4-13-9-15(19)17(21-2)16(20)10-13/h3-10,19-20H,1-2H3/b4-3+. The summed E-state index contributed by atoms with van der Waals surface area (Å²) in [6.07, 6.45) is 3.54. The molecule has 0 aliphatic rings. The number of phenolic OH excluding ortho intramolecular Hbond substituents is 2. The number of ether oxygens (including phenoxy) is 2. The molecule has 0 heterocycles. The van der Waals surface area contributed by atoms with E-state index in [1.54, 1.807) is 36.4 Å². The summed E-state index contributed by atoms with van der Waals surface area (Å²) >= 11 is 0. The Labute approximate surface area is 128 Å². The summed E-state index contributed by atoms with van der Waals surface area (Å²) in [6.45, 7) is 1.34. The molecular formula is C17H16O5. The van der Waals surface area contributed by atoms with Crippen molar-refractivity contribution in [3.05, 3.63) is 47.5 Å². The monoisotopic (exact) mass is 300 g/mol. The fraction of sp³-hybridized carbons (Fsp3) is 0.118. The molecule has 0 radical (unpaired) electrons. The summed E-state index contributed by atoms with van der Waals surface area (Å²) in [5, 5.41) is 19.4. The number of rotatable bonds is 4. The van der Waals surface area contributed by atoms with Gasteiger partial charge in [0, 0.05) is 6.92 Å². The third-order valence-electron chi connectivity index (χ3n) is 2.89. The molecule has 22 heavy (non-hydrogen) atoms. The lowest BCUT2D eigenvalue weighted by Crippen LogP contribution is -2.00. The van der Waals surface area contributed by atoms with Crippen molar-refractivity contribution >= 4 is 18.1 Å². The molecule has 0 unspecified atom stereocenters. The number of hydrogen-bond acceptors (Lipinski definition) is 5. The van der Waals surface area contributed by atoms with Crippen LogP contribution in [0.25, 0.3) is 12.2 Å². The van der Waals surface area contributed by atoms with E-state index in [0.29, 0.717) is 11.3 Å². The van der Waals surface area contributed by atoms with Crippen molar-refractivity contribution < 1.29 is 24.5 Å². The molecule has 0 saturated heterocycles. The van der Waals surface area contributed by atoms with E-state index in [1.807, 2.05) is 0 Å². The Kier molecular flexibility index (Phi) is 4.68. The minimum Gasteiger partial charge on any atom is -0.504 e. The Bertz CT molecular complexity index is 678. The number of aromatic hydroxyl groups is 2. The number of methoxy groups -OCH3 is 1. The second-order valence-electron chi connectivity index (χ2n) is 4.59. The van der Waals surface area contributed by atoms with Crippen LogP contribution in [0.3, 0.4) is 0 Å². The van der Waals surface area contributed by atoms with Crippen molar-refractivity contribution in [2.75, 3.05) is 7.11 Å². The zero-order chi connectivity index (χ0) is 16.1.